The topological polar surface area (TPSA) is 43.8 Å². The largest absolute Gasteiger partial charge is 0.369 e. The lowest BCUT2D eigenvalue weighted by Gasteiger charge is -2.09. The van der Waals surface area contributed by atoms with Crippen molar-refractivity contribution in [3.05, 3.63) is 53.1 Å². The number of benzene rings is 2. The van der Waals surface area contributed by atoms with E-state index < -0.39 is 29.0 Å². The van der Waals surface area contributed by atoms with Gasteiger partial charge >= 0.3 is 0 Å². The molecule has 3 nitrogen and oxygen atoms in total. The molecule has 0 bridgehead atoms. The number of hydrogen-bond donors (Lipinski definition) is 1. The SMILES string of the molecule is Cc1cc2c(cc1F)nc(N)n2-c1cc(F)cc(F)c1F. The molecule has 108 valence electrons. The molecule has 0 saturated carbocycles. The molecule has 0 radical (unpaired) electrons. The van der Waals surface area contributed by atoms with Crippen LogP contribution in [0.4, 0.5) is 23.5 Å². The maximum Gasteiger partial charge on any atom is 0.206 e. The quantitative estimate of drug-likeness (QED) is 0.552. The summed E-state index contributed by atoms with van der Waals surface area (Å²) in [4.78, 5) is 3.88. The number of nitrogen functional groups attached to an aromatic ring is 1. The maximum atomic E-state index is 13.9. The van der Waals surface area contributed by atoms with Crippen LogP contribution >= 0.6 is 0 Å². The van der Waals surface area contributed by atoms with Gasteiger partial charge in [-0.05, 0) is 18.6 Å². The fourth-order valence-corrected chi connectivity index (χ4v) is 2.18. The normalized spacial score (nSPS) is 11.3. The molecule has 1 aromatic heterocycles. The lowest BCUT2D eigenvalue weighted by Crippen LogP contribution is -2.05. The van der Waals surface area contributed by atoms with Crippen molar-refractivity contribution in [3.63, 3.8) is 0 Å². The van der Waals surface area contributed by atoms with E-state index in [4.69, 9.17) is 5.73 Å². The zero-order valence-electron chi connectivity index (χ0n) is 10.8. The second-order valence-corrected chi connectivity index (χ2v) is 4.62. The van der Waals surface area contributed by atoms with Crippen LogP contribution in [0.25, 0.3) is 16.7 Å². The first-order valence-corrected chi connectivity index (χ1v) is 5.97. The number of rotatable bonds is 1. The third-order valence-corrected chi connectivity index (χ3v) is 3.18. The lowest BCUT2D eigenvalue weighted by atomic mass is 10.2. The third-order valence-electron chi connectivity index (χ3n) is 3.18. The van der Waals surface area contributed by atoms with Gasteiger partial charge in [-0.1, -0.05) is 0 Å². The highest BCUT2D eigenvalue weighted by molar-refractivity contribution is 5.81. The van der Waals surface area contributed by atoms with Gasteiger partial charge in [-0.15, -0.1) is 0 Å². The molecule has 1 heterocycles. The highest BCUT2D eigenvalue weighted by Crippen LogP contribution is 2.28. The van der Waals surface area contributed by atoms with E-state index in [1.807, 2.05) is 0 Å². The molecular weight excluding hydrogens is 286 g/mol. The molecule has 2 N–H and O–H groups in total. The molecule has 0 unspecified atom stereocenters. The average Bonchev–Trinajstić information content (AvgIpc) is 2.70. The number of imidazole rings is 1. The van der Waals surface area contributed by atoms with E-state index in [1.165, 1.54) is 13.0 Å². The van der Waals surface area contributed by atoms with Gasteiger partial charge in [0.1, 0.15) is 11.6 Å². The molecule has 0 aliphatic rings. The number of nitrogens with two attached hydrogens (primary N) is 1. The van der Waals surface area contributed by atoms with E-state index in [1.54, 1.807) is 0 Å². The number of halogens is 4. The van der Waals surface area contributed by atoms with E-state index in [2.05, 4.69) is 4.98 Å². The molecule has 3 rings (SSSR count). The van der Waals surface area contributed by atoms with Crippen molar-refractivity contribution in [1.82, 2.24) is 9.55 Å². The summed E-state index contributed by atoms with van der Waals surface area (Å²) >= 11 is 0. The summed E-state index contributed by atoms with van der Waals surface area (Å²) in [5.41, 5.74) is 5.96. The van der Waals surface area contributed by atoms with Crippen molar-refractivity contribution in [3.8, 4) is 5.69 Å². The van der Waals surface area contributed by atoms with E-state index >= 15 is 0 Å². The second-order valence-electron chi connectivity index (χ2n) is 4.62. The predicted molar refractivity (Wildman–Crippen MR) is 70.1 cm³/mol. The monoisotopic (exact) mass is 295 g/mol. The minimum atomic E-state index is -1.34. The first kappa shape index (κ1) is 13.4. The predicted octanol–water partition coefficient (Wildman–Crippen LogP) is 3.47. The summed E-state index contributed by atoms with van der Waals surface area (Å²) in [5, 5.41) is 0. The minimum absolute atomic E-state index is 0.166. The molecule has 0 atom stereocenters. The van der Waals surface area contributed by atoms with Crippen molar-refractivity contribution in [2.75, 3.05) is 5.73 Å². The summed E-state index contributed by atoms with van der Waals surface area (Å²) in [6.07, 6.45) is 0. The van der Waals surface area contributed by atoms with Gasteiger partial charge in [0.05, 0.1) is 16.7 Å². The summed E-state index contributed by atoms with van der Waals surface area (Å²) in [7, 11) is 0. The fourth-order valence-electron chi connectivity index (χ4n) is 2.18. The zero-order valence-corrected chi connectivity index (χ0v) is 10.8. The molecule has 0 aliphatic carbocycles. The average molecular weight is 295 g/mol. The molecule has 2 aromatic carbocycles. The summed E-state index contributed by atoms with van der Waals surface area (Å²) in [6.45, 7) is 1.50. The summed E-state index contributed by atoms with van der Waals surface area (Å²) in [5.74, 6) is -4.25. The molecule has 0 fully saturated rings. The standard InChI is InChI=1S/C14H9F4N3/c1-6-2-11-10(5-8(6)16)20-14(19)21(11)12-4-7(15)3-9(17)13(12)18/h2-5H,1H3,(H2,19,20). The Bertz CT molecular complexity index is 871. The summed E-state index contributed by atoms with van der Waals surface area (Å²) < 4.78 is 55.2. The Morgan fingerprint density at radius 3 is 2.43 bits per heavy atom. The Labute approximate surface area is 116 Å². The van der Waals surface area contributed by atoms with Crippen LogP contribution in [0.2, 0.25) is 0 Å². The Balaban J connectivity index is 2.40. The first-order valence-electron chi connectivity index (χ1n) is 5.97. The van der Waals surface area contributed by atoms with Crippen LogP contribution in [-0.2, 0) is 0 Å². The number of nitrogens with zero attached hydrogens (tertiary/aromatic N) is 2. The lowest BCUT2D eigenvalue weighted by molar-refractivity contribution is 0.491. The molecule has 7 heteroatoms. The molecule has 0 amide bonds. The summed E-state index contributed by atoms with van der Waals surface area (Å²) in [6, 6.07) is 3.75. The van der Waals surface area contributed by atoms with Gasteiger partial charge in [0.25, 0.3) is 0 Å². The Hall–Kier alpha value is -2.57. The van der Waals surface area contributed by atoms with Crippen LogP contribution in [0.5, 0.6) is 0 Å². The van der Waals surface area contributed by atoms with Crippen LogP contribution in [0, 0.1) is 30.2 Å². The number of fused-ring (bicyclic) bond motifs is 1. The van der Waals surface area contributed by atoms with E-state index in [0.717, 1.165) is 16.7 Å². The van der Waals surface area contributed by atoms with E-state index in [9.17, 15) is 17.6 Å². The third kappa shape index (κ3) is 2.01. The highest BCUT2D eigenvalue weighted by atomic mass is 19.2. The molecule has 21 heavy (non-hydrogen) atoms. The number of anilines is 1. The van der Waals surface area contributed by atoms with Crippen LogP contribution in [0.3, 0.4) is 0 Å². The number of hydrogen-bond acceptors (Lipinski definition) is 2. The van der Waals surface area contributed by atoms with E-state index in [-0.39, 0.29) is 22.5 Å². The number of aryl methyl sites for hydroxylation is 1. The van der Waals surface area contributed by atoms with Gasteiger partial charge < -0.3 is 5.73 Å². The van der Waals surface area contributed by atoms with Gasteiger partial charge in [-0.25, -0.2) is 22.5 Å². The van der Waals surface area contributed by atoms with Gasteiger partial charge in [0, 0.05) is 18.2 Å². The van der Waals surface area contributed by atoms with Gasteiger partial charge in [0.15, 0.2) is 11.6 Å². The zero-order chi connectivity index (χ0) is 15.3. The van der Waals surface area contributed by atoms with E-state index in [0.29, 0.717) is 6.07 Å². The van der Waals surface area contributed by atoms with Crippen LogP contribution in [-0.4, -0.2) is 9.55 Å². The Morgan fingerprint density at radius 2 is 1.71 bits per heavy atom. The molecule has 0 aliphatic heterocycles. The van der Waals surface area contributed by atoms with Crippen molar-refractivity contribution >= 4 is 17.0 Å². The van der Waals surface area contributed by atoms with Crippen LogP contribution in [0.15, 0.2) is 24.3 Å². The van der Waals surface area contributed by atoms with Crippen LogP contribution in [0.1, 0.15) is 5.56 Å². The Morgan fingerprint density at radius 1 is 1.00 bits per heavy atom. The van der Waals surface area contributed by atoms with Crippen molar-refractivity contribution in [1.29, 1.82) is 0 Å². The highest BCUT2D eigenvalue weighted by Gasteiger charge is 2.18. The smallest absolute Gasteiger partial charge is 0.206 e. The number of aromatic nitrogens is 2. The maximum absolute atomic E-state index is 13.9. The van der Waals surface area contributed by atoms with Crippen LogP contribution < -0.4 is 5.73 Å². The molecule has 0 spiro atoms. The van der Waals surface area contributed by atoms with Gasteiger partial charge in [0.2, 0.25) is 5.95 Å². The van der Waals surface area contributed by atoms with Crippen molar-refractivity contribution in [2.24, 2.45) is 0 Å². The minimum Gasteiger partial charge on any atom is -0.369 e. The van der Waals surface area contributed by atoms with Gasteiger partial charge in [-0.2, -0.15) is 0 Å². The first-order chi connectivity index (χ1) is 9.88. The van der Waals surface area contributed by atoms with Crippen molar-refractivity contribution in [2.45, 2.75) is 6.92 Å². The van der Waals surface area contributed by atoms with Crippen molar-refractivity contribution < 1.29 is 17.6 Å². The fraction of sp³-hybridized carbons (Fsp3) is 0.0714. The van der Waals surface area contributed by atoms with Gasteiger partial charge in [-0.3, -0.25) is 4.57 Å². The second kappa shape index (κ2) is 4.47. The molecule has 3 aromatic rings. The molecule has 0 saturated heterocycles. The molecular formula is C14H9F4N3. The Kier molecular flexibility index (Phi) is 2.86.